The average molecular weight is 284 g/mol. The summed E-state index contributed by atoms with van der Waals surface area (Å²) >= 11 is 0. The lowest BCUT2D eigenvalue weighted by atomic mass is 10.2. The molecule has 0 aromatic carbocycles. The Hall–Kier alpha value is -1.79. The van der Waals surface area contributed by atoms with E-state index in [9.17, 15) is 9.59 Å². The van der Waals surface area contributed by atoms with Crippen LogP contribution in [0.15, 0.2) is 5.10 Å². The molecule has 0 aliphatic carbocycles. The molecule has 1 aliphatic heterocycles. The molecule has 1 unspecified atom stereocenters. The number of likely N-dealkylation sites (tertiary alicyclic amines) is 1. The van der Waals surface area contributed by atoms with Crippen molar-refractivity contribution in [2.24, 2.45) is 5.10 Å². The molecule has 1 N–H and O–H groups in total. The molecule has 0 radical (unpaired) electrons. The van der Waals surface area contributed by atoms with Crippen LogP contribution >= 0.6 is 0 Å². The maximum Gasteiger partial charge on any atom is 0.410 e. The summed E-state index contributed by atoms with van der Waals surface area (Å²) in [4.78, 5) is 27.2. The van der Waals surface area contributed by atoms with Crippen LogP contribution in [0.2, 0.25) is 0 Å². The standard InChI is InChI=1S/C13H24N4O3/c1-13(2,3)20-12(19)17-8-6-7-10(17)11(18)15-14-9-16(4)5/h9-10H,6-8H2,1-5H3,(H,15,18)/b14-9+. The normalized spacial score (nSPS) is 19.2. The molecule has 0 saturated carbocycles. The Balaban J connectivity index is 2.60. The average Bonchev–Trinajstić information content (AvgIpc) is 2.74. The molecule has 1 atom stereocenters. The molecule has 1 rings (SSSR count). The lowest BCUT2D eigenvalue weighted by Gasteiger charge is -2.27. The summed E-state index contributed by atoms with van der Waals surface area (Å²) in [5.74, 6) is -0.286. The zero-order valence-electron chi connectivity index (χ0n) is 12.8. The second-order valence-corrected chi connectivity index (χ2v) is 6.02. The van der Waals surface area contributed by atoms with E-state index in [1.54, 1.807) is 39.8 Å². The number of hydrogen-bond acceptors (Lipinski definition) is 4. The Morgan fingerprint density at radius 1 is 1.40 bits per heavy atom. The third kappa shape index (κ3) is 5.07. The van der Waals surface area contributed by atoms with Crippen molar-refractivity contribution in [2.45, 2.75) is 45.3 Å². The molecular formula is C13H24N4O3. The smallest absolute Gasteiger partial charge is 0.410 e. The van der Waals surface area contributed by atoms with Crippen LogP contribution in [0.1, 0.15) is 33.6 Å². The van der Waals surface area contributed by atoms with Gasteiger partial charge in [0.05, 0.1) is 0 Å². The van der Waals surface area contributed by atoms with Crippen molar-refractivity contribution >= 4 is 18.3 Å². The van der Waals surface area contributed by atoms with Crippen LogP contribution < -0.4 is 5.43 Å². The quantitative estimate of drug-likeness (QED) is 0.477. The number of nitrogens with zero attached hydrogens (tertiary/aromatic N) is 3. The van der Waals surface area contributed by atoms with Gasteiger partial charge in [0.2, 0.25) is 0 Å². The second kappa shape index (κ2) is 6.58. The Kier molecular flexibility index (Phi) is 5.35. The molecule has 0 bridgehead atoms. The highest BCUT2D eigenvalue weighted by Crippen LogP contribution is 2.20. The number of carbonyl (C=O) groups is 2. The first-order chi connectivity index (χ1) is 9.20. The summed E-state index contributed by atoms with van der Waals surface area (Å²) < 4.78 is 5.31. The topological polar surface area (TPSA) is 74.2 Å². The maximum atomic E-state index is 12.0. The van der Waals surface area contributed by atoms with Crippen LogP contribution in [0.25, 0.3) is 0 Å². The van der Waals surface area contributed by atoms with E-state index in [1.165, 1.54) is 11.2 Å². The second-order valence-electron chi connectivity index (χ2n) is 6.02. The fourth-order valence-electron chi connectivity index (χ4n) is 1.86. The SMILES string of the molecule is CN(C)/C=N/NC(=O)C1CCCN1C(=O)OC(C)(C)C. The van der Waals surface area contributed by atoms with E-state index in [1.807, 2.05) is 0 Å². The van der Waals surface area contributed by atoms with Crippen molar-refractivity contribution in [1.29, 1.82) is 0 Å². The highest BCUT2D eigenvalue weighted by atomic mass is 16.6. The van der Waals surface area contributed by atoms with Crippen molar-refractivity contribution in [1.82, 2.24) is 15.2 Å². The number of amides is 2. The molecule has 1 aliphatic rings. The molecule has 7 heteroatoms. The van der Waals surface area contributed by atoms with Gasteiger partial charge in [-0.25, -0.2) is 10.2 Å². The van der Waals surface area contributed by atoms with Crippen molar-refractivity contribution in [3.05, 3.63) is 0 Å². The van der Waals surface area contributed by atoms with Crippen molar-refractivity contribution in [2.75, 3.05) is 20.6 Å². The summed E-state index contributed by atoms with van der Waals surface area (Å²) in [6, 6.07) is -0.510. The lowest BCUT2D eigenvalue weighted by Crippen LogP contribution is -2.46. The molecule has 0 spiro atoms. The Morgan fingerprint density at radius 3 is 2.60 bits per heavy atom. The van der Waals surface area contributed by atoms with E-state index in [2.05, 4.69) is 10.5 Å². The fraction of sp³-hybridized carbons (Fsp3) is 0.769. The first kappa shape index (κ1) is 16.3. The number of ether oxygens (including phenoxy) is 1. The van der Waals surface area contributed by atoms with Gasteiger partial charge < -0.3 is 9.64 Å². The monoisotopic (exact) mass is 284 g/mol. The van der Waals surface area contributed by atoms with Crippen LogP contribution in [0.3, 0.4) is 0 Å². The minimum Gasteiger partial charge on any atom is -0.444 e. The summed E-state index contributed by atoms with van der Waals surface area (Å²) in [6.45, 7) is 5.94. The van der Waals surface area contributed by atoms with Crippen molar-refractivity contribution < 1.29 is 14.3 Å². The molecule has 1 fully saturated rings. The zero-order chi connectivity index (χ0) is 15.3. The molecule has 7 nitrogen and oxygen atoms in total. The number of carbonyl (C=O) groups excluding carboxylic acids is 2. The number of rotatable bonds is 3. The first-order valence-electron chi connectivity index (χ1n) is 6.70. The van der Waals surface area contributed by atoms with Gasteiger partial charge >= 0.3 is 6.09 Å². The summed E-state index contributed by atoms with van der Waals surface area (Å²) in [6.07, 6.45) is 2.45. The highest BCUT2D eigenvalue weighted by molar-refractivity contribution is 5.86. The zero-order valence-corrected chi connectivity index (χ0v) is 12.8. The maximum absolute atomic E-state index is 12.0. The minimum atomic E-state index is -0.566. The summed E-state index contributed by atoms with van der Waals surface area (Å²) in [5.41, 5.74) is 1.88. The predicted molar refractivity (Wildman–Crippen MR) is 76.3 cm³/mol. The Labute approximate surface area is 119 Å². The van der Waals surface area contributed by atoms with Crippen molar-refractivity contribution in [3.8, 4) is 0 Å². The van der Waals surface area contributed by atoms with Gasteiger partial charge in [0.15, 0.2) is 0 Å². The van der Waals surface area contributed by atoms with E-state index < -0.39 is 17.7 Å². The van der Waals surface area contributed by atoms with Gasteiger partial charge in [0.25, 0.3) is 5.91 Å². The van der Waals surface area contributed by atoms with Crippen LogP contribution in [-0.2, 0) is 9.53 Å². The summed E-state index contributed by atoms with van der Waals surface area (Å²) in [5, 5.41) is 3.81. The van der Waals surface area contributed by atoms with Gasteiger partial charge in [0.1, 0.15) is 18.0 Å². The van der Waals surface area contributed by atoms with Gasteiger partial charge in [-0.1, -0.05) is 0 Å². The van der Waals surface area contributed by atoms with E-state index in [0.29, 0.717) is 13.0 Å². The van der Waals surface area contributed by atoms with E-state index >= 15 is 0 Å². The molecule has 1 saturated heterocycles. The Morgan fingerprint density at radius 2 is 2.05 bits per heavy atom. The summed E-state index contributed by atoms with van der Waals surface area (Å²) in [7, 11) is 3.61. The number of nitrogens with one attached hydrogen (secondary N) is 1. The molecule has 0 aromatic rings. The Bertz CT molecular complexity index is 388. The predicted octanol–water partition coefficient (Wildman–Crippen LogP) is 1.01. The van der Waals surface area contributed by atoms with Crippen LogP contribution in [0, 0.1) is 0 Å². The van der Waals surface area contributed by atoms with Crippen molar-refractivity contribution in [3.63, 3.8) is 0 Å². The number of hydrogen-bond donors (Lipinski definition) is 1. The molecule has 20 heavy (non-hydrogen) atoms. The fourth-order valence-corrected chi connectivity index (χ4v) is 1.86. The van der Waals surface area contributed by atoms with Gasteiger partial charge in [-0.15, -0.1) is 0 Å². The molecule has 0 aromatic heterocycles. The van der Waals surface area contributed by atoms with Crippen LogP contribution in [0.5, 0.6) is 0 Å². The molecule has 1 heterocycles. The highest BCUT2D eigenvalue weighted by Gasteiger charge is 2.36. The van der Waals surface area contributed by atoms with E-state index in [4.69, 9.17) is 4.74 Å². The third-order valence-electron chi connectivity index (χ3n) is 2.65. The largest absolute Gasteiger partial charge is 0.444 e. The molecule has 2 amide bonds. The third-order valence-corrected chi connectivity index (χ3v) is 2.65. The number of hydrazone groups is 1. The first-order valence-corrected chi connectivity index (χ1v) is 6.70. The lowest BCUT2D eigenvalue weighted by molar-refractivity contribution is -0.125. The van der Waals surface area contributed by atoms with Gasteiger partial charge in [0, 0.05) is 20.6 Å². The molecular weight excluding hydrogens is 260 g/mol. The van der Waals surface area contributed by atoms with Crippen LogP contribution in [-0.4, -0.2) is 60.4 Å². The van der Waals surface area contributed by atoms with Crippen LogP contribution in [0.4, 0.5) is 4.79 Å². The van der Waals surface area contributed by atoms with Gasteiger partial charge in [-0.05, 0) is 33.6 Å². The van der Waals surface area contributed by atoms with Gasteiger partial charge in [-0.3, -0.25) is 9.69 Å². The van der Waals surface area contributed by atoms with Gasteiger partial charge in [-0.2, -0.15) is 5.10 Å². The van der Waals surface area contributed by atoms with E-state index in [-0.39, 0.29) is 5.91 Å². The minimum absolute atomic E-state index is 0.286. The molecule has 114 valence electrons. The van der Waals surface area contributed by atoms with E-state index in [0.717, 1.165) is 6.42 Å².